The molecule has 5 nitrogen and oxygen atoms in total. The first-order chi connectivity index (χ1) is 15.4. The van der Waals surface area contributed by atoms with E-state index in [2.05, 4.69) is 45.5 Å². The van der Waals surface area contributed by atoms with Gasteiger partial charge in [0, 0.05) is 34.2 Å². The Morgan fingerprint density at radius 3 is 2.31 bits per heavy atom. The number of halogens is 2. The van der Waals surface area contributed by atoms with Gasteiger partial charge < -0.3 is 15.2 Å². The van der Waals surface area contributed by atoms with Crippen molar-refractivity contribution in [1.82, 2.24) is 5.32 Å². The van der Waals surface area contributed by atoms with Crippen molar-refractivity contribution in [2.24, 2.45) is 0 Å². The topological polar surface area (TPSA) is 75.6 Å². The number of benzene rings is 2. The van der Waals surface area contributed by atoms with E-state index in [-0.39, 0.29) is 25.0 Å². The van der Waals surface area contributed by atoms with Crippen LogP contribution in [-0.2, 0) is 16.0 Å². The molecule has 0 saturated carbocycles. The Bertz CT molecular complexity index is 1080. The molecule has 0 fully saturated rings. The number of nitrogens with one attached hydrogen (secondary N) is 1. The highest BCUT2D eigenvalue weighted by atomic mass is 79.9. The molecule has 0 aliphatic heterocycles. The molecule has 2 aromatic carbocycles. The summed E-state index contributed by atoms with van der Waals surface area (Å²) < 4.78 is 7.03. The number of carboxylic acid groups (broad SMARTS) is 1. The van der Waals surface area contributed by atoms with Gasteiger partial charge in [0.1, 0.15) is 10.9 Å². The minimum absolute atomic E-state index is 0.0299. The van der Waals surface area contributed by atoms with Crippen LogP contribution < -0.4 is 5.32 Å². The SMILES string of the molecule is O=C(O)CCC(Cc1cc(Br)c(Cl)s1)NC(=O)OCC1c2ccccc2-c2ccccc21. The molecule has 0 radical (unpaired) electrons. The van der Waals surface area contributed by atoms with Crippen molar-refractivity contribution in [3.8, 4) is 11.1 Å². The number of fused-ring (bicyclic) bond motifs is 3. The van der Waals surface area contributed by atoms with Crippen LogP contribution in [-0.4, -0.2) is 29.8 Å². The number of amides is 1. The second-order valence-electron chi connectivity index (χ2n) is 7.64. The van der Waals surface area contributed by atoms with E-state index in [0.717, 1.165) is 31.6 Å². The molecule has 4 rings (SSSR count). The highest BCUT2D eigenvalue weighted by Crippen LogP contribution is 2.44. The number of rotatable bonds is 8. The third-order valence-corrected chi connectivity index (χ3v) is 8.01. The Labute approximate surface area is 203 Å². The quantitative estimate of drug-likeness (QED) is 0.347. The van der Waals surface area contributed by atoms with Gasteiger partial charge >= 0.3 is 12.1 Å². The van der Waals surface area contributed by atoms with Crippen molar-refractivity contribution in [3.05, 3.63) is 79.4 Å². The van der Waals surface area contributed by atoms with E-state index < -0.39 is 12.1 Å². The number of hydrogen-bond acceptors (Lipinski definition) is 4. The molecule has 1 atom stereocenters. The lowest BCUT2D eigenvalue weighted by Gasteiger charge is -2.19. The smallest absolute Gasteiger partial charge is 0.407 e. The van der Waals surface area contributed by atoms with Gasteiger partial charge in [-0.05, 0) is 50.7 Å². The first-order valence-electron chi connectivity index (χ1n) is 10.2. The van der Waals surface area contributed by atoms with Crippen LogP contribution >= 0.6 is 38.9 Å². The fourth-order valence-electron chi connectivity index (χ4n) is 4.06. The summed E-state index contributed by atoms with van der Waals surface area (Å²) in [5.41, 5.74) is 4.61. The molecule has 1 aromatic heterocycles. The van der Waals surface area contributed by atoms with Gasteiger partial charge in [0.05, 0.1) is 0 Å². The van der Waals surface area contributed by atoms with E-state index >= 15 is 0 Å². The Morgan fingerprint density at radius 2 is 1.75 bits per heavy atom. The first-order valence-corrected chi connectivity index (χ1v) is 12.2. The minimum atomic E-state index is -0.908. The molecule has 8 heteroatoms. The zero-order valence-electron chi connectivity index (χ0n) is 17.0. The predicted molar refractivity (Wildman–Crippen MR) is 130 cm³/mol. The molecule has 0 saturated heterocycles. The molecule has 1 aliphatic carbocycles. The lowest BCUT2D eigenvalue weighted by Crippen LogP contribution is -2.37. The lowest BCUT2D eigenvalue weighted by atomic mass is 9.98. The van der Waals surface area contributed by atoms with Crippen molar-refractivity contribution >= 4 is 50.9 Å². The predicted octanol–water partition coefficient (Wildman–Crippen LogP) is 6.48. The summed E-state index contributed by atoms with van der Waals surface area (Å²) in [5.74, 6) is -0.938. The summed E-state index contributed by atoms with van der Waals surface area (Å²) in [6.45, 7) is 0.210. The zero-order chi connectivity index (χ0) is 22.7. The molecule has 1 aliphatic rings. The van der Waals surface area contributed by atoms with E-state index in [1.54, 1.807) is 0 Å². The van der Waals surface area contributed by atoms with Gasteiger partial charge in [0.2, 0.25) is 0 Å². The van der Waals surface area contributed by atoms with Crippen molar-refractivity contribution in [2.75, 3.05) is 6.61 Å². The molecular weight excluding hydrogens is 514 g/mol. The van der Waals surface area contributed by atoms with E-state index in [0.29, 0.717) is 17.2 Å². The third kappa shape index (κ3) is 5.17. The van der Waals surface area contributed by atoms with Gasteiger partial charge in [-0.2, -0.15) is 0 Å². The van der Waals surface area contributed by atoms with E-state index in [1.165, 1.54) is 11.3 Å². The van der Waals surface area contributed by atoms with Crippen molar-refractivity contribution in [2.45, 2.75) is 31.2 Å². The average Bonchev–Trinajstić information content (AvgIpc) is 3.26. The maximum absolute atomic E-state index is 12.6. The molecule has 1 heterocycles. The third-order valence-electron chi connectivity index (χ3n) is 5.52. The monoisotopic (exact) mass is 533 g/mol. The average molecular weight is 535 g/mol. The van der Waals surface area contributed by atoms with Gasteiger partial charge in [0.15, 0.2) is 0 Å². The van der Waals surface area contributed by atoms with Crippen LogP contribution in [0.3, 0.4) is 0 Å². The van der Waals surface area contributed by atoms with Crippen LogP contribution in [0.4, 0.5) is 4.79 Å². The summed E-state index contributed by atoms with van der Waals surface area (Å²) >= 11 is 10.9. The second kappa shape index (κ2) is 10.1. The Balaban J connectivity index is 1.42. The molecule has 2 N–H and O–H groups in total. The summed E-state index contributed by atoms with van der Waals surface area (Å²) in [6, 6.07) is 17.8. The van der Waals surface area contributed by atoms with Gasteiger partial charge in [-0.1, -0.05) is 60.1 Å². The maximum Gasteiger partial charge on any atom is 0.407 e. The van der Waals surface area contributed by atoms with Gasteiger partial charge in [-0.15, -0.1) is 11.3 Å². The molecule has 1 unspecified atom stereocenters. The van der Waals surface area contributed by atoms with Gasteiger partial charge in [-0.3, -0.25) is 4.79 Å². The van der Waals surface area contributed by atoms with Crippen molar-refractivity contribution in [1.29, 1.82) is 0 Å². The van der Waals surface area contributed by atoms with Crippen LogP contribution in [0.1, 0.15) is 34.8 Å². The maximum atomic E-state index is 12.6. The molecule has 3 aromatic rings. The van der Waals surface area contributed by atoms with Crippen LogP contribution in [0.2, 0.25) is 4.34 Å². The number of thiophene rings is 1. The largest absolute Gasteiger partial charge is 0.481 e. The lowest BCUT2D eigenvalue weighted by molar-refractivity contribution is -0.137. The zero-order valence-corrected chi connectivity index (χ0v) is 20.2. The summed E-state index contributed by atoms with van der Waals surface area (Å²) in [5, 5.41) is 11.9. The van der Waals surface area contributed by atoms with E-state index in [9.17, 15) is 9.59 Å². The molecule has 32 heavy (non-hydrogen) atoms. The molecular formula is C24H21BrClNO4S. The fraction of sp³-hybridized carbons (Fsp3) is 0.250. The number of aliphatic carboxylic acids is 1. The van der Waals surface area contributed by atoms with Crippen LogP contribution in [0.5, 0.6) is 0 Å². The van der Waals surface area contributed by atoms with Crippen molar-refractivity contribution < 1.29 is 19.4 Å². The Kier molecular flexibility index (Phi) is 7.18. The molecule has 1 amide bonds. The molecule has 0 bridgehead atoms. The summed E-state index contributed by atoms with van der Waals surface area (Å²) in [6.07, 6.45) is 0.179. The Morgan fingerprint density at radius 1 is 1.12 bits per heavy atom. The number of ether oxygens (including phenoxy) is 1. The first kappa shape index (κ1) is 22.8. The molecule has 166 valence electrons. The van der Waals surface area contributed by atoms with E-state index in [1.807, 2.05) is 30.3 Å². The van der Waals surface area contributed by atoms with Gasteiger partial charge in [0.25, 0.3) is 0 Å². The highest BCUT2D eigenvalue weighted by molar-refractivity contribution is 9.10. The minimum Gasteiger partial charge on any atom is -0.481 e. The fourth-order valence-corrected chi connectivity index (χ4v) is 5.93. The molecule has 0 spiro atoms. The van der Waals surface area contributed by atoms with Crippen molar-refractivity contribution in [3.63, 3.8) is 0 Å². The van der Waals surface area contributed by atoms with Crippen LogP contribution in [0, 0.1) is 0 Å². The number of carbonyl (C=O) groups excluding carboxylic acids is 1. The summed E-state index contributed by atoms with van der Waals surface area (Å²) in [7, 11) is 0. The standard InChI is InChI=1S/C24H21BrClNO4S/c25-21-12-15(32-23(21)26)11-14(9-10-22(28)29)27-24(30)31-13-20-18-7-3-1-5-16(18)17-6-2-4-8-19(17)20/h1-8,12,14,20H,9-11,13H2,(H,27,30)(H,28,29). The number of carboxylic acids is 1. The summed E-state index contributed by atoms with van der Waals surface area (Å²) in [4.78, 5) is 24.6. The number of carbonyl (C=O) groups is 2. The normalized spacial score (nSPS) is 13.3. The van der Waals surface area contributed by atoms with Gasteiger partial charge in [-0.25, -0.2) is 4.79 Å². The Hall–Kier alpha value is -2.35. The second-order valence-corrected chi connectivity index (χ2v) is 10.2. The van der Waals surface area contributed by atoms with Crippen LogP contribution in [0.25, 0.3) is 11.1 Å². The number of hydrogen-bond donors (Lipinski definition) is 2. The van der Waals surface area contributed by atoms with E-state index in [4.69, 9.17) is 21.4 Å². The van der Waals surface area contributed by atoms with Crippen LogP contribution in [0.15, 0.2) is 59.1 Å². The number of alkyl carbamates (subject to hydrolysis) is 1. The highest BCUT2D eigenvalue weighted by Gasteiger charge is 2.29.